The van der Waals surface area contributed by atoms with E-state index in [4.69, 9.17) is 0 Å². The van der Waals surface area contributed by atoms with Crippen molar-refractivity contribution in [2.45, 2.75) is 52.1 Å². The van der Waals surface area contributed by atoms with Gasteiger partial charge in [0.2, 0.25) is 0 Å². The molecule has 0 amide bonds. The second-order valence-corrected chi connectivity index (χ2v) is 4.78. The Kier molecular flexibility index (Phi) is 6.17. The molecule has 3 atom stereocenters. The van der Waals surface area contributed by atoms with Crippen LogP contribution in [0.4, 0.5) is 0 Å². The molecule has 0 bridgehead atoms. The Bertz CT molecular complexity index is 263. The fourth-order valence-corrected chi connectivity index (χ4v) is 2.08. The molecule has 0 spiro atoms. The number of hydrogen-bond acceptors (Lipinski definition) is 1. The zero-order valence-electron chi connectivity index (χ0n) is 10.8. The molecule has 0 aliphatic carbocycles. The summed E-state index contributed by atoms with van der Waals surface area (Å²) in [4.78, 5) is 0. The van der Waals surface area contributed by atoms with Crippen molar-refractivity contribution in [1.82, 2.24) is 5.32 Å². The molecule has 16 heavy (non-hydrogen) atoms. The maximum Gasteiger partial charge on any atom is 0.0133 e. The van der Waals surface area contributed by atoms with Gasteiger partial charge in [0.15, 0.2) is 0 Å². The topological polar surface area (TPSA) is 12.0 Å². The first kappa shape index (κ1) is 13.2. The third kappa shape index (κ3) is 4.80. The molecule has 1 nitrogen and oxygen atoms in total. The quantitative estimate of drug-likeness (QED) is 0.696. The predicted octanol–water partition coefficient (Wildman–Crippen LogP) is 3.84. The molecule has 1 heterocycles. The molecule has 90 valence electrons. The van der Waals surface area contributed by atoms with E-state index in [1.165, 1.54) is 0 Å². The molecule has 0 radical (unpaired) electrons. The van der Waals surface area contributed by atoms with Crippen LogP contribution < -0.4 is 5.32 Å². The second kappa shape index (κ2) is 7.45. The van der Waals surface area contributed by atoms with Crippen molar-refractivity contribution in [3.05, 3.63) is 36.5 Å². The Morgan fingerprint density at radius 2 is 1.88 bits per heavy atom. The van der Waals surface area contributed by atoms with Gasteiger partial charge in [-0.1, -0.05) is 43.4 Å². The third-order valence-corrected chi connectivity index (χ3v) is 3.19. The average Bonchev–Trinajstić information content (AvgIpc) is 2.28. The van der Waals surface area contributed by atoms with Crippen LogP contribution in [0.25, 0.3) is 0 Å². The zero-order valence-corrected chi connectivity index (χ0v) is 10.8. The van der Waals surface area contributed by atoms with Gasteiger partial charge in [0.1, 0.15) is 0 Å². The van der Waals surface area contributed by atoms with E-state index in [0.29, 0.717) is 18.0 Å². The van der Waals surface area contributed by atoms with Crippen LogP contribution in [-0.2, 0) is 0 Å². The number of rotatable bonds is 2. The fraction of sp³-hybridized carbons (Fsp3) is 0.600. The van der Waals surface area contributed by atoms with Crippen molar-refractivity contribution in [3.63, 3.8) is 0 Å². The summed E-state index contributed by atoms with van der Waals surface area (Å²) in [6, 6.07) is 1.17. The summed E-state index contributed by atoms with van der Waals surface area (Å²) in [6.07, 6.45) is 16.7. The largest absolute Gasteiger partial charge is 0.311 e. The molecule has 0 fully saturated rings. The van der Waals surface area contributed by atoms with E-state index in [1.807, 2.05) is 0 Å². The molecule has 0 aromatic rings. The number of nitrogens with one attached hydrogen (secondary N) is 1. The molecule has 1 aliphatic rings. The Morgan fingerprint density at radius 3 is 2.56 bits per heavy atom. The normalized spacial score (nSPS) is 36.1. The molecule has 1 rings (SSSR count). The lowest BCUT2D eigenvalue weighted by molar-refractivity contribution is 0.346. The minimum atomic E-state index is 0.570. The lowest BCUT2D eigenvalue weighted by Gasteiger charge is -2.27. The van der Waals surface area contributed by atoms with Gasteiger partial charge >= 0.3 is 0 Å². The summed E-state index contributed by atoms with van der Waals surface area (Å²) in [5, 5.41) is 3.73. The molecule has 0 saturated heterocycles. The van der Waals surface area contributed by atoms with Gasteiger partial charge in [-0.15, -0.1) is 0 Å². The monoisotopic (exact) mass is 219 g/mol. The van der Waals surface area contributed by atoms with Gasteiger partial charge in [-0.25, -0.2) is 0 Å². The molecular weight excluding hydrogens is 194 g/mol. The predicted molar refractivity (Wildman–Crippen MR) is 72.5 cm³/mol. The lowest BCUT2D eigenvalue weighted by atomic mass is 9.93. The molecular formula is C15H25N. The van der Waals surface area contributed by atoms with Crippen molar-refractivity contribution in [2.75, 3.05) is 0 Å². The molecule has 0 aromatic heterocycles. The maximum atomic E-state index is 3.73. The number of hydrogen-bond donors (Lipinski definition) is 1. The van der Waals surface area contributed by atoms with E-state index in [9.17, 15) is 0 Å². The zero-order chi connectivity index (χ0) is 11.8. The van der Waals surface area contributed by atoms with Gasteiger partial charge in [-0.2, -0.15) is 0 Å². The maximum absolute atomic E-state index is 3.73. The first-order chi connectivity index (χ1) is 7.74. The second-order valence-electron chi connectivity index (χ2n) is 4.78. The first-order valence-electron chi connectivity index (χ1n) is 6.43. The van der Waals surface area contributed by atoms with Gasteiger partial charge in [-0.3, -0.25) is 0 Å². The Morgan fingerprint density at radius 1 is 1.19 bits per heavy atom. The van der Waals surface area contributed by atoms with Gasteiger partial charge < -0.3 is 5.32 Å². The average molecular weight is 219 g/mol. The molecule has 3 unspecified atom stereocenters. The van der Waals surface area contributed by atoms with Crippen LogP contribution in [0, 0.1) is 5.92 Å². The van der Waals surface area contributed by atoms with Gasteiger partial charge in [0, 0.05) is 12.1 Å². The molecule has 1 heteroatoms. The van der Waals surface area contributed by atoms with Crippen LogP contribution in [-0.4, -0.2) is 12.1 Å². The summed E-state index contributed by atoms with van der Waals surface area (Å²) < 4.78 is 0. The molecule has 1 aliphatic heterocycles. The molecule has 0 saturated carbocycles. The van der Waals surface area contributed by atoms with Crippen molar-refractivity contribution >= 4 is 0 Å². The third-order valence-electron chi connectivity index (χ3n) is 3.19. The summed E-state index contributed by atoms with van der Waals surface area (Å²) in [5.74, 6) is 0.696. The SMILES string of the molecule is C/C=C\CC1NC(C)C/C=C\C=C/CC1C. The highest BCUT2D eigenvalue weighted by molar-refractivity contribution is 5.05. The van der Waals surface area contributed by atoms with E-state index < -0.39 is 0 Å². The van der Waals surface area contributed by atoms with E-state index in [1.54, 1.807) is 0 Å². The van der Waals surface area contributed by atoms with Gasteiger partial charge in [0.25, 0.3) is 0 Å². The fourth-order valence-electron chi connectivity index (χ4n) is 2.08. The highest BCUT2D eigenvalue weighted by Gasteiger charge is 2.16. The standard InChI is InChI=1S/C15H25N/c1-4-5-12-15-13(2)10-8-6-7-9-11-14(3)16-15/h4-9,13-16H,10-12H2,1-3H3/b5-4-,8-6-,9-7-. The van der Waals surface area contributed by atoms with Crippen LogP contribution in [0.3, 0.4) is 0 Å². The van der Waals surface area contributed by atoms with E-state index in [2.05, 4.69) is 62.5 Å². The Balaban J connectivity index is 2.64. The number of allylic oxidation sites excluding steroid dienone is 4. The molecule has 1 N–H and O–H groups in total. The lowest BCUT2D eigenvalue weighted by Crippen LogP contribution is -2.40. The van der Waals surface area contributed by atoms with E-state index >= 15 is 0 Å². The van der Waals surface area contributed by atoms with Gasteiger partial charge in [0.05, 0.1) is 0 Å². The van der Waals surface area contributed by atoms with Crippen molar-refractivity contribution in [3.8, 4) is 0 Å². The smallest absolute Gasteiger partial charge is 0.0133 e. The van der Waals surface area contributed by atoms with Crippen LogP contribution in [0.2, 0.25) is 0 Å². The molecule has 0 aromatic carbocycles. The van der Waals surface area contributed by atoms with Crippen molar-refractivity contribution < 1.29 is 0 Å². The minimum absolute atomic E-state index is 0.570. The Hall–Kier alpha value is -0.820. The van der Waals surface area contributed by atoms with E-state index in [-0.39, 0.29) is 0 Å². The van der Waals surface area contributed by atoms with Crippen molar-refractivity contribution in [1.29, 1.82) is 0 Å². The van der Waals surface area contributed by atoms with Crippen LogP contribution in [0.1, 0.15) is 40.0 Å². The summed E-state index contributed by atoms with van der Waals surface area (Å²) >= 11 is 0. The van der Waals surface area contributed by atoms with Gasteiger partial charge in [-0.05, 0) is 39.0 Å². The Labute approximate surface area is 100 Å². The van der Waals surface area contributed by atoms with Crippen LogP contribution in [0.15, 0.2) is 36.5 Å². The highest BCUT2D eigenvalue weighted by Crippen LogP contribution is 2.15. The minimum Gasteiger partial charge on any atom is -0.311 e. The summed E-state index contributed by atoms with van der Waals surface area (Å²) in [7, 11) is 0. The van der Waals surface area contributed by atoms with Crippen LogP contribution >= 0.6 is 0 Å². The first-order valence-corrected chi connectivity index (χ1v) is 6.43. The van der Waals surface area contributed by atoms with Crippen molar-refractivity contribution in [2.24, 2.45) is 5.92 Å². The van der Waals surface area contributed by atoms with E-state index in [0.717, 1.165) is 19.3 Å². The highest BCUT2D eigenvalue weighted by atomic mass is 14.9. The van der Waals surface area contributed by atoms with Crippen LogP contribution in [0.5, 0.6) is 0 Å². The summed E-state index contributed by atoms with van der Waals surface area (Å²) in [5.41, 5.74) is 0. The summed E-state index contributed by atoms with van der Waals surface area (Å²) in [6.45, 7) is 6.70.